The summed E-state index contributed by atoms with van der Waals surface area (Å²) >= 11 is 8.29. The SMILES string of the molecule is C[C@@H]1N(c2ccc(Br)cc2)C(=O)N(c2ccc(Br)cc2)C1(O)c1cccs1. The van der Waals surface area contributed by atoms with Crippen LogP contribution in [0, 0.1) is 0 Å². The number of amides is 2. The Balaban J connectivity index is 1.87. The van der Waals surface area contributed by atoms with Crippen molar-refractivity contribution in [3.05, 3.63) is 79.9 Å². The minimum atomic E-state index is -1.47. The zero-order chi connectivity index (χ0) is 19.2. The van der Waals surface area contributed by atoms with Crippen molar-refractivity contribution in [2.45, 2.75) is 18.7 Å². The standard InChI is InChI=1S/C20H16Br2N2O2S/c1-13-20(26,18-3-2-12-27-18)24(17-10-6-15(22)7-11-17)19(25)23(13)16-8-4-14(21)5-9-16/h2-13,26H,1H3/t13-,20?/m0/s1. The summed E-state index contributed by atoms with van der Waals surface area (Å²) in [4.78, 5) is 17.3. The number of halogens is 2. The Bertz CT molecular complexity index is 961. The molecule has 0 aliphatic carbocycles. The van der Waals surface area contributed by atoms with Crippen LogP contribution in [-0.4, -0.2) is 17.2 Å². The first-order valence-electron chi connectivity index (χ1n) is 8.34. The zero-order valence-corrected chi connectivity index (χ0v) is 18.3. The molecule has 2 amide bonds. The van der Waals surface area contributed by atoms with Gasteiger partial charge in [0.1, 0.15) is 0 Å². The van der Waals surface area contributed by atoms with Gasteiger partial charge in [0.15, 0.2) is 0 Å². The van der Waals surface area contributed by atoms with Crippen LogP contribution in [0.15, 0.2) is 75.0 Å². The van der Waals surface area contributed by atoms with E-state index in [0.717, 1.165) is 19.5 Å². The molecular weight excluding hydrogens is 492 g/mol. The number of nitrogens with zero attached hydrogens (tertiary/aromatic N) is 2. The predicted molar refractivity (Wildman–Crippen MR) is 116 cm³/mol. The summed E-state index contributed by atoms with van der Waals surface area (Å²) in [7, 11) is 0. The lowest BCUT2D eigenvalue weighted by Crippen LogP contribution is -2.47. The highest BCUT2D eigenvalue weighted by atomic mass is 79.9. The van der Waals surface area contributed by atoms with Crippen molar-refractivity contribution in [2.24, 2.45) is 0 Å². The number of thiophene rings is 1. The van der Waals surface area contributed by atoms with Gasteiger partial charge in [-0.1, -0.05) is 37.9 Å². The highest BCUT2D eigenvalue weighted by Gasteiger charge is 2.57. The molecule has 0 spiro atoms. The maximum atomic E-state index is 13.5. The van der Waals surface area contributed by atoms with Gasteiger partial charge in [-0.3, -0.25) is 9.80 Å². The summed E-state index contributed by atoms with van der Waals surface area (Å²) in [5.41, 5.74) is -0.0811. The summed E-state index contributed by atoms with van der Waals surface area (Å²) < 4.78 is 1.85. The number of carbonyl (C=O) groups is 1. The number of hydrogen-bond donors (Lipinski definition) is 1. The topological polar surface area (TPSA) is 43.8 Å². The van der Waals surface area contributed by atoms with Crippen LogP contribution in [0.25, 0.3) is 0 Å². The van der Waals surface area contributed by atoms with Gasteiger partial charge < -0.3 is 5.11 Å². The normalized spacial score (nSPS) is 22.5. The lowest BCUT2D eigenvalue weighted by molar-refractivity contribution is 0.0409. The second kappa shape index (κ2) is 7.05. The Morgan fingerprint density at radius 1 is 0.963 bits per heavy atom. The van der Waals surface area contributed by atoms with E-state index in [1.54, 1.807) is 4.90 Å². The smallest absolute Gasteiger partial charge is 0.332 e. The van der Waals surface area contributed by atoms with Gasteiger partial charge in [-0.15, -0.1) is 11.3 Å². The fraction of sp³-hybridized carbons (Fsp3) is 0.150. The summed E-state index contributed by atoms with van der Waals surface area (Å²) in [5, 5.41) is 13.7. The van der Waals surface area contributed by atoms with Crippen molar-refractivity contribution in [2.75, 3.05) is 9.80 Å². The third-order valence-corrected chi connectivity index (χ3v) is 6.82. The molecule has 1 aromatic heterocycles. The Labute approximate surface area is 178 Å². The van der Waals surface area contributed by atoms with Crippen molar-refractivity contribution in [3.63, 3.8) is 0 Å². The van der Waals surface area contributed by atoms with Crippen LogP contribution in [0.1, 0.15) is 11.8 Å². The van der Waals surface area contributed by atoms with Crippen molar-refractivity contribution < 1.29 is 9.90 Å². The predicted octanol–water partition coefficient (Wildman–Crippen LogP) is 5.95. The van der Waals surface area contributed by atoms with Crippen molar-refractivity contribution >= 4 is 60.6 Å². The maximum Gasteiger partial charge on any atom is 0.332 e. The van der Waals surface area contributed by atoms with E-state index in [2.05, 4.69) is 31.9 Å². The summed E-state index contributed by atoms with van der Waals surface area (Å²) in [6.07, 6.45) is 0. The van der Waals surface area contributed by atoms with E-state index in [4.69, 9.17) is 0 Å². The first-order valence-corrected chi connectivity index (χ1v) is 10.8. The van der Waals surface area contributed by atoms with Crippen LogP contribution in [0.3, 0.4) is 0 Å². The molecular formula is C20H16Br2N2O2S. The molecule has 1 N–H and O–H groups in total. The van der Waals surface area contributed by atoms with E-state index in [1.807, 2.05) is 73.0 Å². The molecule has 2 heterocycles. The molecule has 0 bridgehead atoms. The highest BCUT2D eigenvalue weighted by molar-refractivity contribution is 9.10. The molecule has 0 saturated carbocycles. The molecule has 27 heavy (non-hydrogen) atoms. The molecule has 2 atom stereocenters. The number of aliphatic hydroxyl groups is 1. The highest BCUT2D eigenvalue weighted by Crippen LogP contribution is 2.45. The molecule has 1 fully saturated rings. The molecule has 1 aliphatic rings. The molecule has 4 rings (SSSR count). The van der Waals surface area contributed by atoms with Crippen LogP contribution in [0.2, 0.25) is 0 Å². The molecule has 1 unspecified atom stereocenters. The van der Waals surface area contributed by atoms with Gasteiger partial charge in [0.2, 0.25) is 5.72 Å². The van der Waals surface area contributed by atoms with Gasteiger partial charge >= 0.3 is 6.03 Å². The average molecular weight is 508 g/mol. The molecule has 1 saturated heterocycles. The van der Waals surface area contributed by atoms with Gasteiger partial charge in [0.05, 0.1) is 10.9 Å². The first kappa shape index (κ1) is 18.7. The summed E-state index contributed by atoms with van der Waals surface area (Å²) in [6.45, 7) is 1.87. The molecule has 1 aliphatic heterocycles. The molecule has 0 radical (unpaired) electrons. The van der Waals surface area contributed by atoms with E-state index in [0.29, 0.717) is 5.69 Å². The Kier molecular flexibility index (Phi) is 4.88. The molecule has 4 nitrogen and oxygen atoms in total. The van der Waals surface area contributed by atoms with Crippen LogP contribution in [-0.2, 0) is 5.72 Å². The van der Waals surface area contributed by atoms with Crippen LogP contribution >= 0.6 is 43.2 Å². The lowest BCUT2D eigenvalue weighted by Gasteiger charge is -2.34. The molecule has 3 aromatic rings. The van der Waals surface area contributed by atoms with E-state index >= 15 is 0 Å². The van der Waals surface area contributed by atoms with E-state index < -0.39 is 11.8 Å². The van der Waals surface area contributed by atoms with Crippen LogP contribution in [0.5, 0.6) is 0 Å². The molecule has 138 valence electrons. The fourth-order valence-corrected chi connectivity index (χ4v) is 4.85. The number of hydrogen-bond acceptors (Lipinski definition) is 3. The number of benzene rings is 2. The van der Waals surface area contributed by atoms with Crippen LogP contribution < -0.4 is 9.80 Å². The van der Waals surface area contributed by atoms with E-state index in [9.17, 15) is 9.90 Å². The minimum absolute atomic E-state index is 0.261. The summed E-state index contributed by atoms with van der Waals surface area (Å²) in [6, 6.07) is 17.9. The molecule has 2 aromatic carbocycles. The number of carbonyl (C=O) groups excluding carboxylic acids is 1. The third kappa shape index (κ3) is 3.02. The average Bonchev–Trinajstić information content (AvgIpc) is 3.25. The van der Waals surface area contributed by atoms with E-state index in [1.165, 1.54) is 16.2 Å². The lowest BCUT2D eigenvalue weighted by atomic mass is 10.0. The quantitative estimate of drug-likeness (QED) is 0.475. The Morgan fingerprint density at radius 3 is 2.04 bits per heavy atom. The molecule has 7 heteroatoms. The second-order valence-corrected chi connectivity index (χ2v) is 9.10. The van der Waals surface area contributed by atoms with Gasteiger partial charge in [-0.05, 0) is 66.9 Å². The maximum absolute atomic E-state index is 13.5. The third-order valence-electron chi connectivity index (χ3n) is 4.78. The Hall–Kier alpha value is -1.67. The number of rotatable bonds is 3. The summed E-state index contributed by atoms with van der Waals surface area (Å²) in [5.74, 6) is 0. The Morgan fingerprint density at radius 2 is 1.52 bits per heavy atom. The monoisotopic (exact) mass is 506 g/mol. The van der Waals surface area contributed by atoms with Crippen LogP contribution in [0.4, 0.5) is 16.2 Å². The van der Waals surface area contributed by atoms with Gasteiger partial charge in [-0.2, -0.15) is 0 Å². The van der Waals surface area contributed by atoms with Crippen molar-refractivity contribution in [3.8, 4) is 0 Å². The van der Waals surface area contributed by atoms with Gasteiger partial charge in [-0.25, -0.2) is 4.79 Å². The minimum Gasteiger partial charge on any atom is -0.364 e. The van der Waals surface area contributed by atoms with Crippen molar-refractivity contribution in [1.82, 2.24) is 0 Å². The fourth-order valence-electron chi connectivity index (χ4n) is 3.42. The van der Waals surface area contributed by atoms with Gasteiger partial charge in [0, 0.05) is 20.3 Å². The largest absolute Gasteiger partial charge is 0.364 e. The number of anilines is 2. The first-order chi connectivity index (χ1) is 12.9. The van der Waals surface area contributed by atoms with Crippen molar-refractivity contribution in [1.29, 1.82) is 0 Å². The van der Waals surface area contributed by atoms with E-state index in [-0.39, 0.29) is 6.03 Å². The zero-order valence-electron chi connectivity index (χ0n) is 14.3. The second-order valence-electron chi connectivity index (χ2n) is 6.32. The van der Waals surface area contributed by atoms with Gasteiger partial charge in [0.25, 0.3) is 0 Å². The number of urea groups is 1.